The predicted octanol–water partition coefficient (Wildman–Crippen LogP) is 2.03. The zero-order valence-electron chi connectivity index (χ0n) is 10.2. The van der Waals surface area contributed by atoms with E-state index in [-0.39, 0.29) is 0 Å². The van der Waals surface area contributed by atoms with Crippen LogP contribution < -0.4 is 4.74 Å². The third kappa shape index (κ3) is 2.51. The van der Waals surface area contributed by atoms with Gasteiger partial charge in [0.15, 0.2) is 6.10 Å². The molecule has 0 saturated carbocycles. The molecule has 2 aromatic rings. The van der Waals surface area contributed by atoms with Crippen LogP contribution in [0.4, 0.5) is 0 Å². The number of aromatic nitrogens is 2. The van der Waals surface area contributed by atoms with Crippen molar-refractivity contribution in [1.29, 1.82) is 0 Å². The number of hydrogen-bond donors (Lipinski definition) is 1. The van der Waals surface area contributed by atoms with Crippen molar-refractivity contribution in [2.45, 2.75) is 20.0 Å². The predicted molar refractivity (Wildman–Crippen MR) is 66.0 cm³/mol. The summed E-state index contributed by atoms with van der Waals surface area (Å²) in [6.45, 7) is 3.31. The molecule has 0 aliphatic carbocycles. The van der Waals surface area contributed by atoms with Gasteiger partial charge in [-0.15, -0.1) is 5.10 Å². The molecule has 0 bridgehead atoms. The maximum atomic E-state index is 10.7. The Morgan fingerprint density at radius 1 is 1.39 bits per heavy atom. The van der Waals surface area contributed by atoms with Crippen molar-refractivity contribution < 1.29 is 14.6 Å². The molecule has 1 aromatic carbocycles. The Morgan fingerprint density at radius 2 is 2.06 bits per heavy atom. The highest BCUT2D eigenvalue weighted by Gasteiger charge is 2.16. The molecule has 2 rings (SSSR count). The number of ether oxygens (including phenoxy) is 1. The smallest absolute Gasteiger partial charge is 0.344 e. The first-order valence-electron chi connectivity index (χ1n) is 5.59. The standard InChI is InChI=1S/C13H14N2O3/c1-9-8-15(11-6-4-3-5-7-11)14-12(9)18-10(2)13(16)17/h3-8,10H,1-2H3,(H,16,17). The first-order chi connectivity index (χ1) is 8.58. The molecular weight excluding hydrogens is 232 g/mol. The molecule has 0 spiro atoms. The summed E-state index contributed by atoms with van der Waals surface area (Å²) in [6, 6.07) is 9.57. The summed E-state index contributed by atoms with van der Waals surface area (Å²) in [4.78, 5) is 10.7. The van der Waals surface area contributed by atoms with Gasteiger partial charge in [0.25, 0.3) is 0 Å². The summed E-state index contributed by atoms with van der Waals surface area (Å²) in [5.74, 6) is -0.669. The number of carboxylic acid groups (broad SMARTS) is 1. The Kier molecular flexibility index (Phi) is 3.32. The molecule has 5 heteroatoms. The van der Waals surface area contributed by atoms with Gasteiger partial charge < -0.3 is 9.84 Å². The highest BCUT2D eigenvalue weighted by molar-refractivity contribution is 5.72. The minimum atomic E-state index is -1.01. The SMILES string of the molecule is Cc1cn(-c2ccccc2)nc1OC(C)C(=O)O. The summed E-state index contributed by atoms with van der Waals surface area (Å²) in [5.41, 5.74) is 1.70. The molecule has 1 unspecified atom stereocenters. The molecule has 1 N–H and O–H groups in total. The Balaban J connectivity index is 2.25. The molecular formula is C13H14N2O3. The monoisotopic (exact) mass is 246 g/mol. The lowest BCUT2D eigenvalue weighted by molar-refractivity contribution is -0.144. The van der Waals surface area contributed by atoms with Gasteiger partial charge in [0.2, 0.25) is 5.88 Å². The molecule has 0 fully saturated rings. The molecule has 94 valence electrons. The quantitative estimate of drug-likeness (QED) is 0.896. The van der Waals surface area contributed by atoms with E-state index in [9.17, 15) is 4.79 Å². The molecule has 0 saturated heterocycles. The first-order valence-corrected chi connectivity index (χ1v) is 5.59. The van der Waals surface area contributed by atoms with E-state index < -0.39 is 12.1 Å². The van der Waals surface area contributed by atoms with Crippen molar-refractivity contribution in [3.05, 3.63) is 42.1 Å². The largest absolute Gasteiger partial charge is 0.479 e. The minimum Gasteiger partial charge on any atom is -0.479 e. The van der Waals surface area contributed by atoms with E-state index in [1.54, 1.807) is 10.9 Å². The van der Waals surface area contributed by atoms with Crippen LogP contribution in [0.3, 0.4) is 0 Å². The van der Waals surface area contributed by atoms with Gasteiger partial charge in [0.1, 0.15) is 0 Å². The van der Waals surface area contributed by atoms with Crippen molar-refractivity contribution in [1.82, 2.24) is 9.78 Å². The summed E-state index contributed by atoms with van der Waals surface area (Å²) < 4.78 is 6.94. The highest BCUT2D eigenvalue weighted by atomic mass is 16.5. The minimum absolute atomic E-state index is 0.341. The Hall–Kier alpha value is -2.30. The van der Waals surface area contributed by atoms with E-state index >= 15 is 0 Å². The van der Waals surface area contributed by atoms with Crippen molar-refractivity contribution >= 4 is 5.97 Å². The Labute approximate surface area is 105 Å². The second-order valence-electron chi connectivity index (χ2n) is 4.00. The van der Waals surface area contributed by atoms with E-state index in [0.29, 0.717) is 5.88 Å². The fraction of sp³-hybridized carbons (Fsp3) is 0.231. The van der Waals surface area contributed by atoms with Gasteiger partial charge in [-0.25, -0.2) is 9.48 Å². The Morgan fingerprint density at radius 3 is 2.67 bits per heavy atom. The van der Waals surface area contributed by atoms with Gasteiger partial charge in [0.05, 0.1) is 5.69 Å². The van der Waals surface area contributed by atoms with Crippen molar-refractivity contribution in [3.8, 4) is 11.6 Å². The van der Waals surface area contributed by atoms with Crippen LogP contribution in [0.2, 0.25) is 0 Å². The highest BCUT2D eigenvalue weighted by Crippen LogP contribution is 2.18. The van der Waals surface area contributed by atoms with Gasteiger partial charge in [-0.05, 0) is 26.0 Å². The lowest BCUT2D eigenvalue weighted by Gasteiger charge is -2.07. The average Bonchev–Trinajstić information content (AvgIpc) is 2.72. The lowest BCUT2D eigenvalue weighted by Crippen LogP contribution is -2.23. The summed E-state index contributed by atoms with van der Waals surface area (Å²) in [7, 11) is 0. The second-order valence-corrected chi connectivity index (χ2v) is 4.00. The number of hydrogen-bond acceptors (Lipinski definition) is 3. The number of carboxylic acids is 1. The summed E-state index contributed by atoms with van der Waals surface area (Å²) >= 11 is 0. The van der Waals surface area contributed by atoms with E-state index in [1.807, 2.05) is 37.3 Å². The zero-order chi connectivity index (χ0) is 13.1. The van der Waals surface area contributed by atoms with Crippen molar-refractivity contribution in [2.24, 2.45) is 0 Å². The van der Waals surface area contributed by atoms with E-state index in [0.717, 1.165) is 11.3 Å². The van der Waals surface area contributed by atoms with Crippen molar-refractivity contribution in [3.63, 3.8) is 0 Å². The molecule has 1 atom stereocenters. The number of aliphatic carboxylic acids is 1. The number of aryl methyl sites for hydroxylation is 1. The van der Waals surface area contributed by atoms with Crippen molar-refractivity contribution in [2.75, 3.05) is 0 Å². The van der Waals surface area contributed by atoms with Gasteiger partial charge >= 0.3 is 5.97 Å². The zero-order valence-corrected chi connectivity index (χ0v) is 10.2. The van der Waals surface area contributed by atoms with Crippen LogP contribution in [0.25, 0.3) is 5.69 Å². The molecule has 0 amide bonds. The van der Waals surface area contributed by atoms with Crippen LogP contribution >= 0.6 is 0 Å². The number of nitrogens with zero attached hydrogens (tertiary/aromatic N) is 2. The molecule has 5 nitrogen and oxygen atoms in total. The lowest BCUT2D eigenvalue weighted by atomic mass is 10.3. The van der Waals surface area contributed by atoms with Crippen LogP contribution in [0.5, 0.6) is 5.88 Å². The second kappa shape index (κ2) is 4.91. The first kappa shape index (κ1) is 12.2. The third-order valence-corrected chi connectivity index (χ3v) is 2.51. The van der Waals surface area contributed by atoms with Gasteiger partial charge in [0, 0.05) is 11.8 Å². The van der Waals surface area contributed by atoms with E-state index in [4.69, 9.17) is 9.84 Å². The number of carbonyl (C=O) groups is 1. The van der Waals surface area contributed by atoms with Crippen LogP contribution in [-0.4, -0.2) is 27.0 Å². The summed E-state index contributed by atoms with van der Waals surface area (Å²) in [6.07, 6.45) is 0.891. The molecule has 1 heterocycles. The number of para-hydroxylation sites is 1. The van der Waals surface area contributed by atoms with E-state index in [1.165, 1.54) is 6.92 Å². The number of benzene rings is 1. The number of rotatable bonds is 4. The summed E-state index contributed by atoms with van der Waals surface area (Å²) in [5, 5.41) is 13.0. The normalized spacial score (nSPS) is 12.1. The molecule has 0 radical (unpaired) electrons. The van der Waals surface area contributed by atoms with Crippen LogP contribution in [0, 0.1) is 6.92 Å². The van der Waals surface area contributed by atoms with Gasteiger partial charge in [-0.2, -0.15) is 0 Å². The van der Waals surface area contributed by atoms with Crippen LogP contribution in [-0.2, 0) is 4.79 Å². The average molecular weight is 246 g/mol. The third-order valence-electron chi connectivity index (χ3n) is 2.51. The molecule has 1 aromatic heterocycles. The van der Waals surface area contributed by atoms with Gasteiger partial charge in [-0.3, -0.25) is 0 Å². The maximum Gasteiger partial charge on any atom is 0.344 e. The van der Waals surface area contributed by atoms with E-state index in [2.05, 4.69) is 5.10 Å². The maximum absolute atomic E-state index is 10.7. The Bertz CT molecular complexity index is 549. The topological polar surface area (TPSA) is 64.4 Å². The van der Waals surface area contributed by atoms with Crippen LogP contribution in [0.1, 0.15) is 12.5 Å². The van der Waals surface area contributed by atoms with Gasteiger partial charge in [-0.1, -0.05) is 18.2 Å². The fourth-order valence-electron chi connectivity index (χ4n) is 1.49. The molecule has 0 aliphatic rings. The molecule has 18 heavy (non-hydrogen) atoms. The van der Waals surface area contributed by atoms with Crippen LogP contribution in [0.15, 0.2) is 36.5 Å². The fourth-order valence-corrected chi connectivity index (χ4v) is 1.49. The molecule has 0 aliphatic heterocycles.